The topological polar surface area (TPSA) is 33.5 Å². The minimum absolute atomic E-state index is 0.00399. The van der Waals surface area contributed by atoms with E-state index >= 15 is 0 Å². The molecule has 0 bridgehead atoms. The summed E-state index contributed by atoms with van der Waals surface area (Å²) >= 11 is 0. The fourth-order valence-corrected chi connectivity index (χ4v) is 8.70. The van der Waals surface area contributed by atoms with Gasteiger partial charge in [0, 0.05) is 40.4 Å². The summed E-state index contributed by atoms with van der Waals surface area (Å²) in [7, 11) is 0. The lowest BCUT2D eigenvalue weighted by Gasteiger charge is -2.27. The van der Waals surface area contributed by atoms with E-state index in [0.29, 0.717) is 6.67 Å². The van der Waals surface area contributed by atoms with Crippen LogP contribution in [0.3, 0.4) is 0 Å². The SMILES string of the molecule is CC(C)(C)c1ccnc(-n2c3ccc(-c4ccccc4)cc3c3ccc(Oc4cccc(N5CN(c6cc(C(C)(C)C)ccc6-c6ccccc6)c6ccccc65)c4)cc32)c1. The highest BCUT2D eigenvalue weighted by atomic mass is 16.5. The van der Waals surface area contributed by atoms with Gasteiger partial charge in [-0.3, -0.25) is 4.57 Å². The number of hydrogen-bond donors (Lipinski definition) is 0. The lowest BCUT2D eigenvalue weighted by Crippen LogP contribution is -2.25. The largest absolute Gasteiger partial charge is 0.457 e. The number of ether oxygens (including phenoxy) is 1. The number of anilines is 4. The summed E-state index contributed by atoms with van der Waals surface area (Å²) in [5.41, 5.74) is 14.1. The second kappa shape index (κ2) is 14.9. The highest BCUT2D eigenvalue weighted by Gasteiger charge is 2.31. The minimum atomic E-state index is -0.0241. The van der Waals surface area contributed by atoms with Crippen LogP contribution >= 0.6 is 0 Å². The smallest absolute Gasteiger partial charge is 0.137 e. The van der Waals surface area contributed by atoms with E-state index in [0.717, 1.165) is 45.1 Å². The Kier molecular flexibility index (Phi) is 9.29. The molecule has 0 fully saturated rings. The van der Waals surface area contributed by atoms with Gasteiger partial charge in [-0.25, -0.2) is 4.98 Å². The predicted molar refractivity (Wildman–Crippen MR) is 255 cm³/mol. The van der Waals surface area contributed by atoms with Crippen molar-refractivity contribution in [1.82, 2.24) is 9.55 Å². The highest BCUT2D eigenvalue weighted by Crippen LogP contribution is 2.48. The molecule has 0 saturated carbocycles. The summed E-state index contributed by atoms with van der Waals surface area (Å²) in [5.74, 6) is 2.42. The molecule has 3 heterocycles. The van der Waals surface area contributed by atoms with Gasteiger partial charge >= 0.3 is 0 Å². The Bertz CT molecular complexity index is 3060. The molecular formula is C56H50N4O. The molecule has 300 valence electrons. The summed E-state index contributed by atoms with van der Waals surface area (Å²) in [4.78, 5) is 9.79. The van der Waals surface area contributed by atoms with E-state index in [1.807, 2.05) is 12.3 Å². The first-order chi connectivity index (χ1) is 29.5. The molecule has 5 nitrogen and oxygen atoms in total. The molecule has 0 spiro atoms. The molecule has 0 radical (unpaired) electrons. The summed E-state index contributed by atoms with van der Waals surface area (Å²) in [5, 5.41) is 2.32. The van der Waals surface area contributed by atoms with Gasteiger partial charge in [-0.05, 0) is 105 Å². The zero-order valence-electron chi connectivity index (χ0n) is 35.7. The number of pyridine rings is 1. The van der Waals surface area contributed by atoms with E-state index in [9.17, 15) is 0 Å². The molecule has 7 aromatic carbocycles. The average molecular weight is 795 g/mol. The number of nitrogens with zero attached hydrogens (tertiary/aromatic N) is 4. The van der Waals surface area contributed by atoms with E-state index in [4.69, 9.17) is 9.72 Å². The van der Waals surface area contributed by atoms with Crippen molar-refractivity contribution < 1.29 is 4.74 Å². The fourth-order valence-electron chi connectivity index (χ4n) is 8.70. The second-order valence-corrected chi connectivity index (χ2v) is 18.2. The second-order valence-electron chi connectivity index (χ2n) is 18.2. The standard InChI is InChI=1S/C56H50N4O/c1-55(2,3)41-25-27-46(39-18-11-8-12-19-39)52(33-41)59-37-58(50-22-13-14-23-51(50)59)43-20-15-21-44(35-43)61-45-26-28-47-48-32-40(38-16-9-7-10-17-38)24-29-49(48)60(53(47)36-45)54-34-42(30-31-57-54)56(4,5)6/h7-36H,37H2,1-6H3. The van der Waals surface area contributed by atoms with Gasteiger partial charge in [0.2, 0.25) is 0 Å². The maximum atomic E-state index is 6.80. The van der Waals surface area contributed by atoms with E-state index < -0.39 is 0 Å². The Morgan fingerprint density at radius 2 is 1.13 bits per heavy atom. The van der Waals surface area contributed by atoms with Crippen LogP contribution in [0, 0.1) is 0 Å². The molecule has 5 heteroatoms. The van der Waals surface area contributed by atoms with Gasteiger partial charge in [0.1, 0.15) is 24.0 Å². The number of para-hydroxylation sites is 2. The number of benzene rings is 7. The van der Waals surface area contributed by atoms with Crippen LogP contribution in [0.2, 0.25) is 0 Å². The average Bonchev–Trinajstić information content (AvgIpc) is 3.82. The molecular weight excluding hydrogens is 745 g/mol. The Balaban J connectivity index is 1.03. The van der Waals surface area contributed by atoms with Crippen LogP contribution in [0.1, 0.15) is 52.7 Å². The van der Waals surface area contributed by atoms with Crippen LogP contribution in [-0.2, 0) is 10.8 Å². The van der Waals surface area contributed by atoms with Crippen LogP contribution < -0.4 is 14.5 Å². The van der Waals surface area contributed by atoms with Crippen molar-refractivity contribution in [2.45, 2.75) is 52.4 Å². The third kappa shape index (κ3) is 7.10. The molecule has 0 aliphatic carbocycles. The number of hydrogen-bond acceptors (Lipinski definition) is 4. The van der Waals surface area contributed by atoms with Gasteiger partial charge in [-0.1, -0.05) is 139 Å². The number of fused-ring (bicyclic) bond motifs is 4. The predicted octanol–water partition coefficient (Wildman–Crippen LogP) is 15.1. The molecule has 2 aromatic heterocycles. The van der Waals surface area contributed by atoms with Gasteiger partial charge < -0.3 is 14.5 Å². The molecule has 9 aromatic rings. The van der Waals surface area contributed by atoms with E-state index in [1.54, 1.807) is 0 Å². The molecule has 0 N–H and O–H groups in total. The molecule has 0 unspecified atom stereocenters. The molecule has 0 amide bonds. The minimum Gasteiger partial charge on any atom is -0.457 e. The first kappa shape index (κ1) is 38.1. The van der Waals surface area contributed by atoms with Crippen molar-refractivity contribution in [3.63, 3.8) is 0 Å². The lowest BCUT2D eigenvalue weighted by atomic mass is 9.85. The Morgan fingerprint density at radius 3 is 1.87 bits per heavy atom. The van der Waals surface area contributed by atoms with Gasteiger partial charge in [0.15, 0.2) is 0 Å². The van der Waals surface area contributed by atoms with Crippen molar-refractivity contribution in [2.75, 3.05) is 16.5 Å². The van der Waals surface area contributed by atoms with Crippen LogP contribution in [0.15, 0.2) is 182 Å². The molecule has 61 heavy (non-hydrogen) atoms. The summed E-state index contributed by atoms with van der Waals surface area (Å²) in [6.07, 6.45) is 1.93. The zero-order chi connectivity index (χ0) is 41.9. The summed E-state index contributed by atoms with van der Waals surface area (Å²) < 4.78 is 9.08. The van der Waals surface area contributed by atoms with Gasteiger partial charge in [-0.2, -0.15) is 0 Å². The van der Waals surface area contributed by atoms with Crippen molar-refractivity contribution in [2.24, 2.45) is 0 Å². The Hall–Kier alpha value is -7.11. The molecule has 1 aliphatic rings. The summed E-state index contributed by atoms with van der Waals surface area (Å²) in [6.45, 7) is 14.2. The normalized spacial score (nSPS) is 13.0. The highest BCUT2D eigenvalue weighted by molar-refractivity contribution is 6.10. The summed E-state index contributed by atoms with van der Waals surface area (Å²) in [6, 6.07) is 63.0. The van der Waals surface area contributed by atoms with Crippen LogP contribution in [0.4, 0.5) is 22.7 Å². The van der Waals surface area contributed by atoms with E-state index in [1.165, 1.54) is 50.1 Å². The molecule has 1 aliphatic heterocycles. The first-order valence-electron chi connectivity index (χ1n) is 21.2. The third-order valence-corrected chi connectivity index (χ3v) is 12.0. The van der Waals surface area contributed by atoms with Crippen LogP contribution in [0.25, 0.3) is 49.9 Å². The quantitative estimate of drug-likeness (QED) is 0.161. The van der Waals surface area contributed by atoms with Crippen molar-refractivity contribution in [3.05, 3.63) is 193 Å². The maximum absolute atomic E-state index is 6.80. The molecule has 0 saturated heterocycles. The monoisotopic (exact) mass is 794 g/mol. The van der Waals surface area contributed by atoms with Gasteiger partial charge in [-0.15, -0.1) is 0 Å². The number of aromatic nitrogens is 2. The Morgan fingerprint density at radius 1 is 0.459 bits per heavy atom. The van der Waals surface area contributed by atoms with Crippen molar-refractivity contribution in [3.8, 4) is 39.6 Å². The lowest BCUT2D eigenvalue weighted by molar-refractivity contribution is 0.483. The van der Waals surface area contributed by atoms with Gasteiger partial charge in [0.25, 0.3) is 0 Å². The molecule has 0 atom stereocenters. The van der Waals surface area contributed by atoms with E-state index in [2.05, 4.69) is 226 Å². The van der Waals surface area contributed by atoms with Crippen LogP contribution in [-0.4, -0.2) is 16.2 Å². The van der Waals surface area contributed by atoms with Gasteiger partial charge in [0.05, 0.1) is 28.1 Å². The van der Waals surface area contributed by atoms with Crippen molar-refractivity contribution >= 4 is 44.6 Å². The first-order valence-corrected chi connectivity index (χ1v) is 21.2. The maximum Gasteiger partial charge on any atom is 0.137 e. The van der Waals surface area contributed by atoms with Crippen LogP contribution in [0.5, 0.6) is 11.5 Å². The Labute approximate surface area is 359 Å². The zero-order valence-corrected chi connectivity index (χ0v) is 35.7. The molecule has 10 rings (SSSR count). The van der Waals surface area contributed by atoms with E-state index in [-0.39, 0.29) is 10.8 Å². The third-order valence-electron chi connectivity index (χ3n) is 12.0. The number of rotatable bonds is 7. The van der Waals surface area contributed by atoms with Crippen molar-refractivity contribution in [1.29, 1.82) is 0 Å². The fraction of sp³-hybridized carbons (Fsp3) is 0.161.